The Morgan fingerprint density at radius 2 is 1.67 bits per heavy atom. The zero-order valence-electron chi connectivity index (χ0n) is 21.8. The van der Waals surface area contributed by atoms with Gasteiger partial charge in [-0.2, -0.15) is 13.2 Å². The fourth-order valence-electron chi connectivity index (χ4n) is 5.21. The number of halogens is 3. The Hall–Kier alpha value is -3.03. The van der Waals surface area contributed by atoms with E-state index in [2.05, 4.69) is 0 Å². The Kier molecular flexibility index (Phi) is 9.23. The third kappa shape index (κ3) is 7.34. The van der Waals surface area contributed by atoms with Crippen LogP contribution in [0.25, 0.3) is 0 Å². The fourth-order valence-corrected chi connectivity index (χ4v) is 5.21. The van der Waals surface area contributed by atoms with Crippen LogP contribution >= 0.6 is 0 Å². The summed E-state index contributed by atoms with van der Waals surface area (Å²) in [7, 11) is 0. The average molecular weight is 556 g/mol. The molecule has 0 atom stereocenters. The molecule has 0 aromatic heterocycles. The number of anilines is 1. The zero-order valence-corrected chi connectivity index (χ0v) is 21.8. The number of hydrogen-bond acceptors (Lipinski definition) is 7. The Balaban J connectivity index is 1.36. The number of para-hydroxylation sites is 1. The fraction of sp³-hybridized carbons (Fsp3) is 0.615. The molecule has 13 heteroatoms. The maximum Gasteiger partial charge on any atom is 0.497 e. The molecule has 3 aliphatic heterocycles. The van der Waals surface area contributed by atoms with E-state index < -0.39 is 16.8 Å². The summed E-state index contributed by atoms with van der Waals surface area (Å²) in [5.74, 6) is -2.59. The number of nitrogens with zero attached hydrogens (tertiary/aromatic N) is 4. The molecule has 0 unspecified atom stereocenters. The van der Waals surface area contributed by atoms with Gasteiger partial charge in [0.05, 0.1) is 38.5 Å². The van der Waals surface area contributed by atoms with Crippen LogP contribution in [0.4, 0.5) is 18.9 Å². The number of carbonyl (C=O) groups is 4. The minimum atomic E-state index is -5.12. The molecule has 10 nitrogen and oxygen atoms in total. The van der Waals surface area contributed by atoms with Gasteiger partial charge in [0.15, 0.2) is 5.78 Å². The number of piperazine rings is 1. The van der Waals surface area contributed by atoms with Gasteiger partial charge >= 0.3 is 12.1 Å². The second-order valence-corrected chi connectivity index (χ2v) is 10.1. The number of hydroxylamine groups is 3. The van der Waals surface area contributed by atoms with E-state index >= 15 is 0 Å². The first-order valence-electron chi connectivity index (χ1n) is 13.3. The molecule has 2 amide bonds. The lowest BCUT2D eigenvalue weighted by Gasteiger charge is -2.41. The lowest BCUT2D eigenvalue weighted by atomic mass is 10.1. The number of hydrogen-bond donors (Lipinski definition) is 0. The van der Waals surface area contributed by atoms with Gasteiger partial charge in [-0.05, 0) is 18.6 Å². The van der Waals surface area contributed by atoms with Gasteiger partial charge in [0.25, 0.3) is 0 Å². The molecular weight excluding hydrogens is 521 g/mol. The van der Waals surface area contributed by atoms with Gasteiger partial charge in [-0.25, -0.2) is 4.79 Å². The van der Waals surface area contributed by atoms with Crippen LogP contribution in [0, 0.1) is 0 Å². The van der Waals surface area contributed by atoms with E-state index in [1.165, 1.54) is 0 Å². The predicted octanol–water partition coefficient (Wildman–Crippen LogP) is 1.79. The van der Waals surface area contributed by atoms with Crippen molar-refractivity contribution in [2.45, 2.75) is 31.9 Å². The highest BCUT2D eigenvalue weighted by molar-refractivity contribution is 6.10. The molecule has 0 spiro atoms. The minimum absolute atomic E-state index is 0.0635. The summed E-state index contributed by atoms with van der Waals surface area (Å²) in [4.78, 5) is 59.6. The van der Waals surface area contributed by atoms with Gasteiger partial charge in [-0.1, -0.05) is 12.1 Å². The van der Waals surface area contributed by atoms with Gasteiger partial charge in [-0.15, -0.1) is 4.65 Å². The third-order valence-electron chi connectivity index (χ3n) is 7.44. The highest BCUT2D eigenvalue weighted by atomic mass is 19.4. The number of Topliss-reactive ketones (excluding diaryl/α,β-unsaturated/α-hetero) is 1. The Morgan fingerprint density at radius 3 is 2.36 bits per heavy atom. The second-order valence-electron chi connectivity index (χ2n) is 10.1. The van der Waals surface area contributed by atoms with Crippen LogP contribution in [0.2, 0.25) is 0 Å². The van der Waals surface area contributed by atoms with Crippen LogP contribution in [0.5, 0.6) is 0 Å². The summed E-state index contributed by atoms with van der Waals surface area (Å²) in [5.41, 5.74) is 1.02. The Labute approximate surface area is 224 Å². The lowest BCUT2D eigenvalue weighted by molar-refractivity contribution is -1.09. The molecule has 39 heavy (non-hydrogen) atoms. The summed E-state index contributed by atoms with van der Waals surface area (Å²) in [6.45, 7) is 3.34. The summed E-state index contributed by atoms with van der Waals surface area (Å²) in [5, 5.41) is 0. The van der Waals surface area contributed by atoms with E-state index in [-0.39, 0.29) is 63.2 Å². The highest BCUT2D eigenvalue weighted by Gasteiger charge is 2.49. The van der Waals surface area contributed by atoms with Crippen molar-refractivity contribution in [3.8, 4) is 0 Å². The number of unbranched alkanes of at least 4 members (excludes halogenated alkanes) is 1. The van der Waals surface area contributed by atoms with E-state index in [0.29, 0.717) is 63.5 Å². The number of benzene rings is 1. The van der Waals surface area contributed by atoms with Crippen molar-refractivity contribution in [2.75, 3.05) is 77.0 Å². The largest absolute Gasteiger partial charge is 0.497 e. The van der Waals surface area contributed by atoms with Gasteiger partial charge in [0.2, 0.25) is 11.8 Å². The quantitative estimate of drug-likeness (QED) is 0.357. The van der Waals surface area contributed by atoms with Crippen molar-refractivity contribution in [3.63, 3.8) is 0 Å². The molecular formula is C26H34F3N4O6+. The Bertz CT molecular complexity index is 1070. The number of ether oxygens (including phenoxy) is 1. The molecule has 4 rings (SSSR count). The highest BCUT2D eigenvalue weighted by Crippen LogP contribution is 2.28. The number of morpholine rings is 1. The summed E-state index contributed by atoms with van der Waals surface area (Å²) < 4.78 is 44.0. The van der Waals surface area contributed by atoms with Crippen LogP contribution in [0.15, 0.2) is 24.3 Å². The van der Waals surface area contributed by atoms with E-state index in [4.69, 9.17) is 9.57 Å². The topological polar surface area (TPSA) is 96.5 Å². The van der Waals surface area contributed by atoms with Crippen molar-refractivity contribution in [1.82, 2.24) is 9.80 Å². The number of rotatable bonds is 8. The van der Waals surface area contributed by atoms with Gasteiger partial charge < -0.3 is 14.5 Å². The monoisotopic (exact) mass is 555 g/mol. The molecule has 0 bridgehead atoms. The Morgan fingerprint density at radius 1 is 0.974 bits per heavy atom. The summed E-state index contributed by atoms with van der Waals surface area (Å²) >= 11 is 0. The maximum atomic E-state index is 13.1. The smallest absolute Gasteiger partial charge is 0.378 e. The predicted molar refractivity (Wildman–Crippen MR) is 132 cm³/mol. The van der Waals surface area contributed by atoms with E-state index in [0.717, 1.165) is 0 Å². The number of alkyl halides is 3. The molecule has 2 saturated heterocycles. The third-order valence-corrected chi connectivity index (χ3v) is 7.44. The first-order valence-corrected chi connectivity index (χ1v) is 13.3. The number of fused-ring (bicyclic) bond motifs is 1. The van der Waals surface area contributed by atoms with Gasteiger partial charge in [0.1, 0.15) is 19.6 Å². The minimum Gasteiger partial charge on any atom is -0.378 e. The maximum absolute atomic E-state index is 13.1. The van der Waals surface area contributed by atoms with Crippen molar-refractivity contribution in [1.29, 1.82) is 0 Å². The number of quaternary nitrogens is 1. The van der Waals surface area contributed by atoms with Crippen LogP contribution < -0.4 is 4.90 Å². The molecule has 1 aromatic carbocycles. The van der Waals surface area contributed by atoms with Crippen LogP contribution in [-0.4, -0.2) is 116 Å². The molecule has 1 aromatic rings. The molecule has 3 heterocycles. The normalized spacial score (nSPS) is 20.4. The van der Waals surface area contributed by atoms with Crippen molar-refractivity contribution >= 4 is 29.3 Å². The van der Waals surface area contributed by atoms with Crippen molar-refractivity contribution < 1.29 is 46.6 Å². The number of ketones is 1. The van der Waals surface area contributed by atoms with Gasteiger partial charge in [0, 0.05) is 44.5 Å². The molecule has 0 aliphatic carbocycles. The second kappa shape index (κ2) is 12.4. The first kappa shape index (κ1) is 29.0. The number of amides is 2. The number of carbonyl (C=O) groups excluding carboxylic acids is 4. The molecule has 0 radical (unpaired) electrons. The molecule has 214 valence electrons. The van der Waals surface area contributed by atoms with E-state index in [9.17, 15) is 32.3 Å². The SMILES string of the molecule is O=C1CCC(=O)N(CCCC[N+]2(OC(=O)C(F)(F)F)CCN(CC(=O)N3CCOCC3)CC2)c2ccccc21. The molecule has 0 N–H and O–H groups in total. The van der Waals surface area contributed by atoms with Crippen molar-refractivity contribution in [3.05, 3.63) is 29.8 Å². The van der Waals surface area contributed by atoms with Gasteiger partial charge in [-0.3, -0.25) is 24.1 Å². The van der Waals surface area contributed by atoms with E-state index in [1.807, 2.05) is 4.90 Å². The summed E-state index contributed by atoms with van der Waals surface area (Å²) in [6.07, 6.45) is -4.07. The van der Waals surface area contributed by atoms with Crippen molar-refractivity contribution in [2.24, 2.45) is 0 Å². The average Bonchev–Trinajstić information content (AvgIpc) is 3.04. The van der Waals surface area contributed by atoms with Crippen LogP contribution in [0.3, 0.4) is 0 Å². The van der Waals surface area contributed by atoms with Crippen LogP contribution in [-0.2, 0) is 24.0 Å². The molecule has 0 saturated carbocycles. The summed E-state index contributed by atoms with van der Waals surface area (Å²) in [6, 6.07) is 6.88. The van der Waals surface area contributed by atoms with E-state index in [1.54, 1.807) is 34.1 Å². The first-order chi connectivity index (χ1) is 18.6. The zero-order chi connectivity index (χ0) is 28.0. The molecule has 2 fully saturated rings. The van der Waals surface area contributed by atoms with Crippen LogP contribution in [0.1, 0.15) is 36.0 Å². The molecule has 3 aliphatic rings. The standard InChI is InChI=1S/C26H34F3N4O6/c27-26(28,29)25(37)39-33(15-10-30(11-16-33)19-24(36)31-12-17-38-18-13-31)14-4-3-9-32-21-6-2-1-5-20(21)22(34)7-8-23(32)35/h1-2,5-6H,3-4,7-19H2/q+1. The lowest BCUT2D eigenvalue weighted by Crippen LogP contribution is -2.62.